The van der Waals surface area contributed by atoms with E-state index in [-0.39, 0.29) is 18.1 Å². The largest absolute Gasteiger partial charge is 0.425 e. The van der Waals surface area contributed by atoms with E-state index < -0.39 is 0 Å². The van der Waals surface area contributed by atoms with Crippen molar-refractivity contribution in [2.75, 3.05) is 0 Å². The number of hydrogen-bond donors (Lipinski definition) is 0. The lowest BCUT2D eigenvalue weighted by molar-refractivity contribution is -0.134. The summed E-state index contributed by atoms with van der Waals surface area (Å²) in [6, 6.07) is 7.20. The molecule has 1 aromatic carbocycles. The van der Waals surface area contributed by atoms with Crippen LogP contribution in [0.3, 0.4) is 0 Å². The number of ether oxygens (including phenoxy) is 1. The zero-order chi connectivity index (χ0) is 22.9. The van der Waals surface area contributed by atoms with Gasteiger partial charge in [0.25, 0.3) is 0 Å². The smallest absolute Gasteiger partial charge is 0.310 e. The van der Waals surface area contributed by atoms with Gasteiger partial charge in [-0.15, -0.1) is 0 Å². The molecule has 1 heterocycles. The molecule has 0 spiro atoms. The summed E-state index contributed by atoms with van der Waals surface area (Å²) in [7, 11) is 0. The molecule has 3 rings (SSSR count). The molecule has 1 aliphatic rings. The Kier molecular flexibility index (Phi) is 8.79. The predicted octanol–water partition coefficient (Wildman–Crippen LogP) is 6.82. The molecule has 0 bridgehead atoms. The minimum Gasteiger partial charge on any atom is -0.425 e. The van der Waals surface area contributed by atoms with Gasteiger partial charge in [0.2, 0.25) is 0 Å². The third-order valence-corrected chi connectivity index (χ3v) is 6.88. The third kappa shape index (κ3) is 6.16. The Hall–Kier alpha value is -2.74. The summed E-state index contributed by atoms with van der Waals surface area (Å²) in [6.45, 7) is 6.29. The van der Waals surface area contributed by atoms with Gasteiger partial charge in [-0.25, -0.2) is 9.97 Å². The number of carbonyl (C=O) groups excluding carboxylic acids is 1. The number of carbonyl (C=O) groups is 1. The average molecular weight is 434 g/mol. The lowest BCUT2D eigenvalue weighted by Crippen LogP contribution is -2.19. The van der Waals surface area contributed by atoms with Gasteiger partial charge in [0.1, 0.15) is 11.8 Å². The van der Waals surface area contributed by atoms with Crippen molar-refractivity contribution in [1.29, 1.82) is 5.26 Å². The predicted molar refractivity (Wildman–Crippen MR) is 126 cm³/mol. The van der Waals surface area contributed by atoms with Gasteiger partial charge in [-0.3, -0.25) is 4.79 Å². The van der Waals surface area contributed by atoms with Crippen LogP contribution in [0.5, 0.6) is 5.75 Å². The van der Waals surface area contributed by atoms with Crippen molar-refractivity contribution < 1.29 is 9.53 Å². The van der Waals surface area contributed by atoms with E-state index in [2.05, 4.69) is 29.9 Å². The van der Waals surface area contributed by atoms with Crippen molar-refractivity contribution in [3.8, 4) is 23.2 Å². The van der Waals surface area contributed by atoms with Gasteiger partial charge in [-0.2, -0.15) is 5.26 Å². The monoisotopic (exact) mass is 433 g/mol. The Bertz CT molecular complexity index is 925. The SMILES string of the molecule is CCCCCC1CCC(C(C)c2cnc(-c3ccc(OC(=O)CC)c(C#N)c3)nc2)CC1. The molecule has 1 aromatic heterocycles. The summed E-state index contributed by atoms with van der Waals surface area (Å²) in [4.78, 5) is 20.7. The second-order valence-corrected chi connectivity index (χ2v) is 9.06. The molecule has 1 unspecified atom stereocenters. The van der Waals surface area contributed by atoms with E-state index in [1.54, 1.807) is 25.1 Å². The Labute approximate surface area is 192 Å². The fraction of sp³-hybridized carbons (Fsp3) is 0.556. The molecule has 1 atom stereocenters. The highest BCUT2D eigenvalue weighted by atomic mass is 16.5. The van der Waals surface area contributed by atoms with Gasteiger partial charge in [0.15, 0.2) is 5.82 Å². The number of aromatic nitrogens is 2. The number of benzene rings is 1. The molecule has 2 aromatic rings. The summed E-state index contributed by atoms with van der Waals surface area (Å²) in [5, 5.41) is 9.43. The normalized spacial score (nSPS) is 19.2. The highest BCUT2D eigenvalue weighted by Crippen LogP contribution is 2.39. The van der Waals surface area contributed by atoms with Crippen molar-refractivity contribution in [3.05, 3.63) is 41.7 Å². The number of esters is 1. The lowest BCUT2D eigenvalue weighted by atomic mass is 9.73. The summed E-state index contributed by atoms with van der Waals surface area (Å²) in [5.74, 6) is 2.55. The highest BCUT2D eigenvalue weighted by Gasteiger charge is 2.26. The highest BCUT2D eigenvalue weighted by molar-refractivity contribution is 5.73. The lowest BCUT2D eigenvalue weighted by Gasteiger charge is -2.32. The van der Waals surface area contributed by atoms with Crippen LogP contribution in [0.2, 0.25) is 0 Å². The van der Waals surface area contributed by atoms with Crippen LogP contribution in [0.4, 0.5) is 0 Å². The van der Waals surface area contributed by atoms with Crippen LogP contribution in [0.1, 0.15) is 95.6 Å². The molecule has 0 aliphatic heterocycles. The molecule has 0 amide bonds. The zero-order valence-corrected chi connectivity index (χ0v) is 19.6. The Morgan fingerprint density at radius 2 is 1.88 bits per heavy atom. The van der Waals surface area contributed by atoms with Crippen LogP contribution in [0.15, 0.2) is 30.6 Å². The fourth-order valence-electron chi connectivity index (χ4n) is 4.69. The van der Waals surface area contributed by atoms with Crippen molar-refractivity contribution in [1.82, 2.24) is 9.97 Å². The standard InChI is InChI=1S/C27H35N3O2/c1-4-6-7-8-20-9-11-21(12-10-20)19(3)24-17-29-27(30-18-24)22-13-14-25(23(15-22)16-28)32-26(31)5-2/h13-15,17-21H,4-12H2,1-3H3. The van der Waals surface area contributed by atoms with Crippen molar-refractivity contribution in [2.24, 2.45) is 11.8 Å². The minimum absolute atomic E-state index is 0.260. The average Bonchev–Trinajstić information content (AvgIpc) is 2.84. The molecule has 0 N–H and O–H groups in total. The molecular formula is C27H35N3O2. The zero-order valence-electron chi connectivity index (χ0n) is 19.6. The summed E-state index contributed by atoms with van der Waals surface area (Å²) < 4.78 is 5.23. The van der Waals surface area contributed by atoms with E-state index in [9.17, 15) is 10.1 Å². The Morgan fingerprint density at radius 3 is 2.50 bits per heavy atom. The first-order valence-corrected chi connectivity index (χ1v) is 12.1. The molecule has 0 radical (unpaired) electrons. The molecular weight excluding hydrogens is 398 g/mol. The van der Waals surface area contributed by atoms with Crippen LogP contribution in [-0.4, -0.2) is 15.9 Å². The number of unbranched alkanes of at least 4 members (excludes halogenated alkanes) is 2. The van der Waals surface area contributed by atoms with E-state index >= 15 is 0 Å². The maximum Gasteiger partial charge on any atom is 0.310 e. The first-order valence-electron chi connectivity index (χ1n) is 12.1. The van der Waals surface area contributed by atoms with Gasteiger partial charge >= 0.3 is 5.97 Å². The fourth-order valence-corrected chi connectivity index (χ4v) is 4.69. The van der Waals surface area contributed by atoms with Gasteiger partial charge in [0, 0.05) is 24.4 Å². The van der Waals surface area contributed by atoms with Crippen LogP contribution in [-0.2, 0) is 4.79 Å². The van der Waals surface area contributed by atoms with Gasteiger partial charge < -0.3 is 4.74 Å². The second kappa shape index (κ2) is 11.8. The van der Waals surface area contributed by atoms with E-state index in [1.807, 2.05) is 12.4 Å². The van der Waals surface area contributed by atoms with Gasteiger partial charge in [-0.1, -0.05) is 59.3 Å². The molecule has 32 heavy (non-hydrogen) atoms. The quantitative estimate of drug-likeness (QED) is 0.246. The minimum atomic E-state index is -0.362. The molecule has 0 saturated heterocycles. The van der Waals surface area contributed by atoms with Crippen LogP contribution >= 0.6 is 0 Å². The third-order valence-electron chi connectivity index (χ3n) is 6.88. The first-order chi connectivity index (χ1) is 15.5. The first kappa shape index (κ1) is 23.9. The number of hydrogen-bond acceptors (Lipinski definition) is 5. The number of rotatable bonds is 9. The van der Waals surface area contributed by atoms with E-state index in [0.29, 0.717) is 23.2 Å². The molecule has 170 valence electrons. The van der Waals surface area contributed by atoms with Crippen molar-refractivity contribution in [2.45, 2.75) is 84.5 Å². The Morgan fingerprint density at radius 1 is 1.16 bits per heavy atom. The number of nitrogens with zero attached hydrogens (tertiary/aromatic N) is 3. The van der Waals surface area contributed by atoms with Gasteiger partial charge in [0.05, 0.1) is 5.56 Å². The van der Waals surface area contributed by atoms with E-state index in [4.69, 9.17) is 4.74 Å². The summed E-state index contributed by atoms with van der Waals surface area (Å²) >= 11 is 0. The van der Waals surface area contributed by atoms with E-state index in [1.165, 1.54) is 56.9 Å². The van der Waals surface area contributed by atoms with Crippen molar-refractivity contribution >= 4 is 5.97 Å². The summed E-state index contributed by atoms with van der Waals surface area (Å²) in [6.07, 6.45) is 14.9. The molecule has 5 heteroatoms. The topological polar surface area (TPSA) is 75.9 Å². The van der Waals surface area contributed by atoms with Gasteiger partial charge in [-0.05, 0) is 54.4 Å². The van der Waals surface area contributed by atoms with Crippen LogP contribution in [0, 0.1) is 23.2 Å². The maximum absolute atomic E-state index is 11.6. The van der Waals surface area contributed by atoms with Crippen LogP contribution in [0.25, 0.3) is 11.4 Å². The molecule has 1 fully saturated rings. The Balaban J connectivity index is 1.62. The number of nitriles is 1. The second-order valence-electron chi connectivity index (χ2n) is 9.06. The maximum atomic E-state index is 11.6. The summed E-state index contributed by atoms with van der Waals surface area (Å²) in [5.41, 5.74) is 2.22. The molecule has 1 aliphatic carbocycles. The van der Waals surface area contributed by atoms with E-state index in [0.717, 1.165) is 11.5 Å². The van der Waals surface area contributed by atoms with Crippen LogP contribution < -0.4 is 4.74 Å². The molecule has 5 nitrogen and oxygen atoms in total. The van der Waals surface area contributed by atoms with Crippen molar-refractivity contribution in [3.63, 3.8) is 0 Å². The molecule has 1 saturated carbocycles.